The number of nitrogens with zero attached hydrogens (tertiary/aromatic N) is 1. The second kappa shape index (κ2) is 2.49. The molecular weight excluding hydrogens is 154 g/mol. The van der Waals surface area contributed by atoms with Gasteiger partial charge in [0.1, 0.15) is 5.54 Å². The van der Waals surface area contributed by atoms with Crippen molar-refractivity contribution in [2.75, 3.05) is 0 Å². The van der Waals surface area contributed by atoms with Crippen molar-refractivity contribution in [2.45, 2.75) is 19.4 Å². The van der Waals surface area contributed by atoms with Crippen LogP contribution in [-0.2, 0) is 9.59 Å². The van der Waals surface area contributed by atoms with E-state index in [0.717, 1.165) is 4.90 Å². The molecule has 1 heterocycles. The Morgan fingerprint density at radius 2 is 1.75 bits per heavy atom. The normalized spacial score (nSPS) is 16.9. The number of carbonyl (C=O) groups is 2. The molecule has 1 rings (SSSR count). The fraction of sp³-hybridized carbons (Fsp3) is 0.333. The Kier molecular flexibility index (Phi) is 1.77. The number of hydrogen-bond acceptors (Lipinski definition) is 2. The molecule has 0 spiro atoms. The van der Waals surface area contributed by atoms with Crippen LogP contribution in [0.4, 0.5) is 0 Å². The van der Waals surface area contributed by atoms with Gasteiger partial charge in [0.15, 0.2) is 0 Å². The third-order valence-corrected chi connectivity index (χ3v) is 1.72. The molecule has 0 unspecified atom stereocenters. The molecule has 0 fully saturated rings. The Hall–Kier alpha value is -1.56. The highest BCUT2D eigenvalue weighted by molar-refractivity contribution is 6.13. The molecule has 0 aromatic heterocycles. The lowest BCUT2D eigenvalue weighted by molar-refractivity contribution is -0.140. The van der Waals surface area contributed by atoms with E-state index in [1.807, 2.05) is 0 Å². The van der Waals surface area contributed by atoms with Crippen LogP contribution in [-0.4, -0.2) is 22.3 Å². The maximum atomic E-state index is 11.1. The number of terminal acetylenes is 1. The first-order chi connectivity index (χ1) is 5.49. The summed E-state index contributed by atoms with van der Waals surface area (Å²) >= 11 is 0. The van der Waals surface area contributed by atoms with Gasteiger partial charge in [0.2, 0.25) is 0 Å². The number of carbonyl (C=O) groups excluding carboxylic acids is 2. The van der Waals surface area contributed by atoms with E-state index in [2.05, 4.69) is 5.92 Å². The van der Waals surface area contributed by atoms with Crippen LogP contribution in [0.15, 0.2) is 12.2 Å². The smallest absolute Gasteiger partial charge is 0.254 e. The van der Waals surface area contributed by atoms with Crippen molar-refractivity contribution >= 4 is 11.8 Å². The highest BCUT2D eigenvalue weighted by atomic mass is 16.2. The van der Waals surface area contributed by atoms with Crippen LogP contribution in [0.5, 0.6) is 0 Å². The van der Waals surface area contributed by atoms with E-state index in [-0.39, 0.29) is 11.8 Å². The van der Waals surface area contributed by atoms with E-state index in [4.69, 9.17) is 6.42 Å². The van der Waals surface area contributed by atoms with Gasteiger partial charge >= 0.3 is 0 Å². The van der Waals surface area contributed by atoms with Crippen LogP contribution in [0, 0.1) is 12.3 Å². The molecule has 62 valence electrons. The lowest BCUT2D eigenvalue weighted by Crippen LogP contribution is -2.46. The van der Waals surface area contributed by atoms with E-state index in [0.29, 0.717) is 0 Å². The van der Waals surface area contributed by atoms with Crippen LogP contribution in [0.2, 0.25) is 0 Å². The van der Waals surface area contributed by atoms with Crippen molar-refractivity contribution < 1.29 is 9.59 Å². The summed E-state index contributed by atoms with van der Waals surface area (Å²) in [6, 6.07) is 0. The molecule has 0 saturated heterocycles. The fourth-order valence-electron chi connectivity index (χ4n) is 1.02. The first kappa shape index (κ1) is 8.54. The standard InChI is InChI=1S/C9H9NO2/c1-4-9(2,3)10-7(11)5-6-8(10)12/h1,5-6H,2-3H3. The predicted octanol–water partition coefficient (Wildman–Crippen LogP) is 0.323. The molecule has 0 radical (unpaired) electrons. The summed E-state index contributed by atoms with van der Waals surface area (Å²) < 4.78 is 0. The Morgan fingerprint density at radius 3 is 2.08 bits per heavy atom. The fourth-order valence-corrected chi connectivity index (χ4v) is 1.02. The van der Waals surface area contributed by atoms with Gasteiger partial charge in [-0.05, 0) is 13.8 Å². The zero-order valence-corrected chi connectivity index (χ0v) is 7.00. The molecule has 3 nitrogen and oxygen atoms in total. The summed E-state index contributed by atoms with van der Waals surface area (Å²) in [5.74, 6) is 1.70. The van der Waals surface area contributed by atoms with Crippen molar-refractivity contribution in [1.29, 1.82) is 0 Å². The van der Waals surface area contributed by atoms with Crippen molar-refractivity contribution in [3.8, 4) is 12.3 Å². The Balaban J connectivity index is 3.00. The van der Waals surface area contributed by atoms with Gasteiger partial charge in [-0.25, -0.2) is 0 Å². The molecule has 0 bridgehead atoms. The highest BCUT2D eigenvalue weighted by Crippen LogP contribution is 2.18. The molecule has 3 heteroatoms. The Morgan fingerprint density at radius 1 is 1.33 bits per heavy atom. The zero-order chi connectivity index (χ0) is 9.35. The molecule has 0 aromatic rings. The Bertz CT molecular complexity index is 289. The summed E-state index contributed by atoms with van der Waals surface area (Å²) in [6.45, 7) is 3.30. The van der Waals surface area contributed by atoms with Crippen LogP contribution in [0.1, 0.15) is 13.8 Å². The first-order valence-corrected chi connectivity index (χ1v) is 3.53. The number of amides is 2. The number of rotatable bonds is 1. The third kappa shape index (κ3) is 1.12. The largest absolute Gasteiger partial charge is 0.269 e. The molecule has 0 N–H and O–H groups in total. The zero-order valence-electron chi connectivity index (χ0n) is 7.00. The van der Waals surface area contributed by atoms with Crippen molar-refractivity contribution in [1.82, 2.24) is 4.90 Å². The van der Waals surface area contributed by atoms with Gasteiger partial charge in [0.25, 0.3) is 11.8 Å². The van der Waals surface area contributed by atoms with Crippen LogP contribution in [0.3, 0.4) is 0 Å². The SMILES string of the molecule is C#CC(C)(C)N1C(=O)C=CC1=O. The second-order valence-corrected chi connectivity index (χ2v) is 3.05. The summed E-state index contributed by atoms with van der Waals surface area (Å²) in [4.78, 5) is 23.3. The quantitative estimate of drug-likeness (QED) is 0.412. The van der Waals surface area contributed by atoms with Gasteiger partial charge in [-0.15, -0.1) is 6.42 Å². The molecule has 0 atom stereocenters. The molecular formula is C9H9NO2. The highest BCUT2D eigenvalue weighted by Gasteiger charge is 2.35. The molecule has 0 aromatic carbocycles. The number of imide groups is 1. The van der Waals surface area contributed by atoms with Crippen molar-refractivity contribution in [3.05, 3.63) is 12.2 Å². The van der Waals surface area contributed by atoms with Crippen molar-refractivity contribution in [2.24, 2.45) is 0 Å². The van der Waals surface area contributed by atoms with Gasteiger partial charge in [0, 0.05) is 12.2 Å². The predicted molar refractivity (Wildman–Crippen MR) is 43.9 cm³/mol. The van der Waals surface area contributed by atoms with Crippen molar-refractivity contribution in [3.63, 3.8) is 0 Å². The average Bonchev–Trinajstić information content (AvgIpc) is 2.31. The van der Waals surface area contributed by atoms with Crippen LogP contribution in [0.25, 0.3) is 0 Å². The third-order valence-electron chi connectivity index (χ3n) is 1.72. The van der Waals surface area contributed by atoms with E-state index in [1.165, 1.54) is 12.2 Å². The average molecular weight is 163 g/mol. The summed E-state index contributed by atoms with van der Waals surface area (Å²) in [5, 5.41) is 0. The number of hydrogen-bond donors (Lipinski definition) is 0. The maximum Gasteiger partial charge on any atom is 0.254 e. The first-order valence-electron chi connectivity index (χ1n) is 3.53. The minimum Gasteiger partial charge on any atom is -0.269 e. The van der Waals surface area contributed by atoms with E-state index in [9.17, 15) is 9.59 Å². The van der Waals surface area contributed by atoms with E-state index < -0.39 is 5.54 Å². The van der Waals surface area contributed by atoms with Gasteiger partial charge in [-0.3, -0.25) is 14.5 Å². The van der Waals surface area contributed by atoms with Crippen LogP contribution >= 0.6 is 0 Å². The lowest BCUT2D eigenvalue weighted by Gasteiger charge is -2.28. The minimum atomic E-state index is -0.836. The van der Waals surface area contributed by atoms with Crippen LogP contribution < -0.4 is 0 Å². The summed E-state index contributed by atoms with van der Waals surface area (Å²) in [7, 11) is 0. The summed E-state index contributed by atoms with van der Waals surface area (Å²) in [5.41, 5.74) is -0.836. The molecule has 1 aliphatic heterocycles. The molecule has 1 aliphatic rings. The summed E-state index contributed by atoms with van der Waals surface area (Å²) in [6.07, 6.45) is 7.63. The van der Waals surface area contributed by atoms with Gasteiger partial charge in [-0.1, -0.05) is 5.92 Å². The molecule has 0 saturated carbocycles. The Labute approximate surface area is 71.0 Å². The molecule has 0 aliphatic carbocycles. The topological polar surface area (TPSA) is 37.4 Å². The van der Waals surface area contributed by atoms with Gasteiger partial charge in [0.05, 0.1) is 0 Å². The van der Waals surface area contributed by atoms with Gasteiger partial charge in [-0.2, -0.15) is 0 Å². The van der Waals surface area contributed by atoms with E-state index in [1.54, 1.807) is 13.8 Å². The monoisotopic (exact) mass is 163 g/mol. The second-order valence-electron chi connectivity index (χ2n) is 3.05. The maximum absolute atomic E-state index is 11.1. The lowest BCUT2D eigenvalue weighted by atomic mass is 10.1. The van der Waals surface area contributed by atoms with Gasteiger partial charge < -0.3 is 0 Å². The molecule has 12 heavy (non-hydrogen) atoms. The minimum absolute atomic E-state index is 0.344. The van der Waals surface area contributed by atoms with E-state index >= 15 is 0 Å². The molecule has 2 amide bonds.